The molecule has 1 N–H and O–H groups in total. The van der Waals surface area contributed by atoms with Crippen LogP contribution in [0.15, 0.2) is 46.3 Å². The topological polar surface area (TPSA) is 46.0 Å². The zero-order valence-electron chi connectivity index (χ0n) is 8.30. The van der Waals surface area contributed by atoms with Crippen molar-refractivity contribution >= 4 is 23.4 Å². The third kappa shape index (κ3) is 2.95. The number of aromatic nitrogens is 2. The van der Waals surface area contributed by atoms with Gasteiger partial charge in [0.05, 0.1) is 6.61 Å². The van der Waals surface area contributed by atoms with Gasteiger partial charge in [0.1, 0.15) is 5.03 Å². The molecule has 0 aliphatic heterocycles. The highest BCUT2D eigenvalue weighted by atomic mass is 35.5. The molecule has 2 rings (SSSR count). The number of hydrogen-bond acceptors (Lipinski definition) is 4. The summed E-state index contributed by atoms with van der Waals surface area (Å²) in [6, 6.07) is 11.2. The molecule has 0 aliphatic carbocycles. The van der Waals surface area contributed by atoms with Crippen LogP contribution in [-0.4, -0.2) is 15.3 Å². The molecular weight excluding hydrogens is 244 g/mol. The Labute approximate surface area is 102 Å². The molecule has 1 aromatic carbocycles. The van der Waals surface area contributed by atoms with Crippen LogP contribution in [0.4, 0.5) is 0 Å². The Morgan fingerprint density at radius 3 is 2.38 bits per heavy atom. The van der Waals surface area contributed by atoms with Crippen molar-refractivity contribution in [3.63, 3.8) is 0 Å². The minimum atomic E-state index is 0.0612. The summed E-state index contributed by atoms with van der Waals surface area (Å²) in [5.41, 5.74) is 0.895. The number of hydrogen-bond donors (Lipinski definition) is 1. The highest BCUT2D eigenvalue weighted by molar-refractivity contribution is 7.99. The molecule has 0 atom stereocenters. The molecule has 0 bridgehead atoms. The Hall–Kier alpha value is -1.10. The second-order valence-corrected chi connectivity index (χ2v) is 4.58. The second kappa shape index (κ2) is 5.30. The van der Waals surface area contributed by atoms with E-state index in [4.69, 9.17) is 16.7 Å². The van der Waals surface area contributed by atoms with Crippen molar-refractivity contribution in [2.24, 2.45) is 0 Å². The van der Waals surface area contributed by atoms with Gasteiger partial charge in [-0.25, -0.2) is 0 Å². The van der Waals surface area contributed by atoms with E-state index in [-0.39, 0.29) is 6.61 Å². The predicted molar refractivity (Wildman–Crippen MR) is 63.5 cm³/mol. The molecule has 3 nitrogen and oxygen atoms in total. The fourth-order valence-electron chi connectivity index (χ4n) is 1.14. The minimum absolute atomic E-state index is 0.0612. The first kappa shape index (κ1) is 11.4. The lowest BCUT2D eigenvalue weighted by Crippen LogP contribution is -1.85. The first-order chi connectivity index (χ1) is 7.78. The van der Waals surface area contributed by atoms with Gasteiger partial charge in [0.2, 0.25) is 0 Å². The highest BCUT2D eigenvalue weighted by Gasteiger charge is 2.00. The first-order valence-electron chi connectivity index (χ1n) is 4.65. The molecule has 0 saturated heterocycles. The Kier molecular flexibility index (Phi) is 3.77. The van der Waals surface area contributed by atoms with Gasteiger partial charge in [0.25, 0.3) is 0 Å². The van der Waals surface area contributed by atoms with E-state index in [1.54, 1.807) is 6.07 Å². The third-order valence-electron chi connectivity index (χ3n) is 1.94. The van der Waals surface area contributed by atoms with Crippen LogP contribution in [0.3, 0.4) is 0 Å². The van der Waals surface area contributed by atoms with Crippen molar-refractivity contribution in [1.82, 2.24) is 10.2 Å². The highest BCUT2D eigenvalue weighted by Crippen LogP contribution is 2.25. The van der Waals surface area contributed by atoms with Gasteiger partial charge in [-0.2, -0.15) is 0 Å². The lowest BCUT2D eigenvalue weighted by atomic mass is 10.2. The average molecular weight is 253 g/mol. The SMILES string of the molecule is OCc1ccc(Sc2ccc(Cl)nn2)cc1. The average Bonchev–Trinajstić information content (AvgIpc) is 2.33. The molecule has 1 heterocycles. The summed E-state index contributed by atoms with van der Waals surface area (Å²) in [5.74, 6) is 0. The Morgan fingerprint density at radius 1 is 1.06 bits per heavy atom. The van der Waals surface area contributed by atoms with E-state index in [0.717, 1.165) is 15.5 Å². The van der Waals surface area contributed by atoms with E-state index in [0.29, 0.717) is 5.15 Å². The Balaban J connectivity index is 2.11. The van der Waals surface area contributed by atoms with Gasteiger partial charge in [0, 0.05) is 4.90 Å². The van der Waals surface area contributed by atoms with E-state index >= 15 is 0 Å². The summed E-state index contributed by atoms with van der Waals surface area (Å²) in [6.45, 7) is 0.0612. The van der Waals surface area contributed by atoms with E-state index < -0.39 is 0 Å². The number of rotatable bonds is 3. The standard InChI is InChI=1S/C11H9ClN2OS/c12-10-5-6-11(14-13-10)16-9-3-1-8(7-15)2-4-9/h1-6,15H,7H2. The summed E-state index contributed by atoms with van der Waals surface area (Å²) in [4.78, 5) is 1.05. The van der Waals surface area contributed by atoms with Crippen LogP contribution in [0.25, 0.3) is 0 Å². The summed E-state index contributed by atoms with van der Waals surface area (Å²) in [6.07, 6.45) is 0. The summed E-state index contributed by atoms with van der Waals surface area (Å²) < 4.78 is 0. The normalized spacial score (nSPS) is 10.4. The summed E-state index contributed by atoms with van der Waals surface area (Å²) in [5, 5.41) is 17.8. The lowest BCUT2D eigenvalue weighted by Gasteiger charge is -2.01. The van der Waals surface area contributed by atoms with Gasteiger partial charge < -0.3 is 5.11 Å². The van der Waals surface area contributed by atoms with E-state index in [1.807, 2.05) is 30.3 Å². The van der Waals surface area contributed by atoms with Crippen molar-refractivity contribution in [3.8, 4) is 0 Å². The van der Waals surface area contributed by atoms with E-state index in [2.05, 4.69) is 10.2 Å². The number of nitrogens with zero attached hydrogens (tertiary/aromatic N) is 2. The molecule has 2 aromatic rings. The second-order valence-electron chi connectivity index (χ2n) is 3.10. The van der Waals surface area contributed by atoms with Crippen LogP contribution in [0.5, 0.6) is 0 Å². The summed E-state index contributed by atoms with van der Waals surface area (Å²) in [7, 11) is 0. The van der Waals surface area contributed by atoms with Crippen LogP contribution in [-0.2, 0) is 6.61 Å². The zero-order chi connectivity index (χ0) is 11.4. The van der Waals surface area contributed by atoms with Crippen LogP contribution in [0, 0.1) is 0 Å². The Morgan fingerprint density at radius 2 is 1.81 bits per heavy atom. The molecule has 1 aromatic heterocycles. The third-order valence-corrected chi connectivity index (χ3v) is 3.07. The minimum Gasteiger partial charge on any atom is -0.392 e. The maximum absolute atomic E-state index is 8.90. The quantitative estimate of drug-likeness (QED) is 0.913. The molecule has 0 radical (unpaired) electrons. The molecule has 0 spiro atoms. The maximum Gasteiger partial charge on any atom is 0.151 e. The molecule has 16 heavy (non-hydrogen) atoms. The largest absolute Gasteiger partial charge is 0.392 e. The van der Waals surface area contributed by atoms with Crippen molar-refractivity contribution in [2.75, 3.05) is 0 Å². The van der Waals surface area contributed by atoms with Crippen molar-refractivity contribution < 1.29 is 5.11 Å². The van der Waals surface area contributed by atoms with Crippen LogP contribution in [0.2, 0.25) is 5.15 Å². The first-order valence-corrected chi connectivity index (χ1v) is 5.84. The molecule has 0 unspecified atom stereocenters. The van der Waals surface area contributed by atoms with Crippen molar-refractivity contribution in [3.05, 3.63) is 47.1 Å². The zero-order valence-corrected chi connectivity index (χ0v) is 9.87. The van der Waals surface area contributed by atoms with E-state index in [9.17, 15) is 0 Å². The molecule has 0 fully saturated rings. The number of benzene rings is 1. The van der Waals surface area contributed by atoms with Gasteiger partial charge in [-0.05, 0) is 29.8 Å². The number of halogens is 1. The fraction of sp³-hybridized carbons (Fsp3) is 0.0909. The molecule has 0 saturated carbocycles. The van der Waals surface area contributed by atoms with Gasteiger partial charge in [-0.1, -0.05) is 35.5 Å². The van der Waals surface area contributed by atoms with E-state index in [1.165, 1.54) is 11.8 Å². The summed E-state index contributed by atoms with van der Waals surface area (Å²) >= 11 is 7.15. The van der Waals surface area contributed by atoms with Crippen LogP contribution >= 0.6 is 23.4 Å². The molecular formula is C11H9ClN2OS. The smallest absolute Gasteiger partial charge is 0.151 e. The number of aliphatic hydroxyl groups is 1. The maximum atomic E-state index is 8.90. The van der Waals surface area contributed by atoms with Gasteiger partial charge in [-0.15, -0.1) is 10.2 Å². The fourth-order valence-corrected chi connectivity index (χ4v) is 1.97. The lowest BCUT2D eigenvalue weighted by molar-refractivity contribution is 0.282. The molecule has 5 heteroatoms. The molecule has 0 aliphatic rings. The molecule has 0 amide bonds. The van der Waals surface area contributed by atoms with Crippen molar-refractivity contribution in [1.29, 1.82) is 0 Å². The Bertz CT molecular complexity index is 458. The molecule has 82 valence electrons. The van der Waals surface area contributed by atoms with Crippen LogP contribution < -0.4 is 0 Å². The van der Waals surface area contributed by atoms with Gasteiger partial charge >= 0.3 is 0 Å². The number of aliphatic hydroxyl groups excluding tert-OH is 1. The van der Waals surface area contributed by atoms with Gasteiger partial charge in [-0.3, -0.25) is 0 Å². The van der Waals surface area contributed by atoms with Crippen molar-refractivity contribution in [2.45, 2.75) is 16.5 Å². The predicted octanol–water partition coefficient (Wildman–Crippen LogP) is 2.77. The van der Waals surface area contributed by atoms with Crippen LogP contribution in [0.1, 0.15) is 5.56 Å². The monoisotopic (exact) mass is 252 g/mol. The van der Waals surface area contributed by atoms with Gasteiger partial charge in [0.15, 0.2) is 5.15 Å².